The normalized spacial score (nSPS) is 10.5. The Morgan fingerprint density at radius 1 is 0.946 bits per heavy atom. The molecule has 0 aliphatic heterocycles. The summed E-state index contributed by atoms with van der Waals surface area (Å²) in [5, 5.41) is 14.5. The topological polar surface area (TPSA) is 111 Å². The maximum absolute atomic E-state index is 13.3. The number of nitrogens with one attached hydrogen (secondary N) is 3. The van der Waals surface area contributed by atoms with Gasteiger partial charge in [-0.15, -0.1) is 0 Å². The van der Waals surface area contributed by atoms with Crippen molar-refractivity contribution in [2.24, 2.45) is 0 Å². The average molecular weight is 543 g/mol. The summed E-state index contributed by atoms with van der Waals surface area (Å²) >= 11 is 12.3. The Bertz CT molecular complexity index is 1280. The van der Waals surface area contributed by atoms with Gasteiger partial charge in [-0.1, -0.05) is 35.3 Å². The van der Waals surface area contributed by atoms with Crippen LogP contribution in [0, 0.1) is 5.41 Å². The third-order valence-electron chi connectivity index (χ3n) is 5.44. The Labute approximate surface area is 225 Å². The van der Waals surface area contributed by atoms with Gasteiger partial charge in [-0.25, -0.2) is 4.98 Å². The predicted octanol–water partition coefficient (Wildman–Crippen LogP) is 4.86. The summed E-state index contributed by atoms with van der Waals surface area (Å²) in [4.78, 5) is 34.2. The predicted molar refractivity (Wildman–Crippen MR) is 149 cm³/mol. The van der Waals surface area contributed by atoms with Gasteiger partial charge in [0.05, 0.1) is 28.6 Å². The summed E-state index contributed by atoms with van der Waals surface area (Å²) < 4.78 is 5.19. The van der Waals surface area contributed by atoms with E-state index in [0.717, 1.165) is 0 Å². The van der Waals surface area contributed by atoms with Crippen molar-refractivity contribution >= 4 is 58.0 Å². The summed E-state index contributed by atoms with van der Waals surface area (Å²) in [5.41, 5.74) is 2.01. The van der Waals surface area contributed by atoms with Gasteiger partial charge >= 0.3 is 0 Å². The number of methoxy groups -OCH3 is 1. The Balaban J connectivity index is 1.98. The lowest BCUT2D eigenvalue weighted by atomic mass is 10.1. The first-order valence-corrected chi connectivity index (χ1v) is 12.0. The molecule has 9 nitrogen and oxygen atoms in total. The molecule has 0 atom stereocenters. The molecule has 37 heavy (non-hydrogen) atoms. The molecule has 0 bridgehead atoms. The zero-order valence-electron chi connectivity index (χ0n) is 20.9. The number of carbonyl (C=O) groups is 2. The molecular formula is C26H28Cl2N6O3. The molecule has 0 fully saturated rings. The molecule has 0 unspecified atom stereocenters. The van der Waals surface area contributed by atoms with Crippen LogP contribution < -0.4 is 15.5 Å². The van der Waals surface area contributed by atoms with Crippen LogP contribution in [0.5, 0.6) is 0 Å². The molecule has 0 saturated carbocycles. The van der Waals surface area contributed by atoms with Crippen LogP contribution in [-0.4, -0.2) is 68.9 Å². The maximum atomic E-state index is 13.3. The Kier molecular flexibility index (Phi) is 9.46. The number of aromatic nitrogens is 1. The van der Waals surface area contributed by atoms with Gasteiger partial charge in [0, 0.05) is 57.1 Å². The standard InChI is InChI=1S/C26H28Cl2N6O3/c1-33(2)24(29)16-5-7-17(8-6-16)25(35)32-23-20(26(36)31-22-10-9-18(27)15-30-22)13-19(28)14-21(23)34(3)11-12-37-4/h5-10,13-15,29H,11-12H2,1-4H3,(H,32,35)(H,30,31,36). The summed E-state index contributed by atoms with van der Waals surface area (Å²) in [6, 6.07) is 13.0. The quantitative estimate of drug-likeness (QED) is 0.263. The summed E-state index contributed by atoms with van der Waals surface area (Å²) in [5.74, 6) is -0.324. The lowest BCUT2D eigenvalue weighted by molar-refractivity contribution is 0.102. The molecule has 0 saturated heterocycles. The van der Waals surface area contributed by atoms with Gasteiger partial charge in [0.15, 0.2) is 0 Å². The van der Waals surface area contributed by atoms with E-state index in [0.29, 0.717) is 51.7 Å². The minimum Gasteiger partial charge on any atom is -0.383 e. The molecule has 0 radical (unpaired) electrons. The fourth-order valence-electron chi connectivity index (χ4n) is 3.41. The highest BCUT2D eigenvalue weighted by molar-refractivity contribution is 6.32. The third-order valence-corrected chi connectivity index (χ3v) is 5.89. The van der Waals surface area contributed by atoms with Crippen molar-refractivity contribution in [3.63, 3.8) is 0 Å². The van der Waals surface area contributed by atoms with E-state index in [2.05, 4.69) is 15.6 Å². The second kappa shape index (κ2) is 12.5. The largest absolute Gasteiger partial charge is 0.383 e. The highest BCUT2D eigenvalue weighted by Crippen LogP contribution is 2.34. The monoisotopic (exact) mass is 542 g/mol. The van der Waals surface area contributed by atoms with Crippen LogP contribution in [0.25, 0.3) is 0 Å². The number of hydrogen-bond acceptors (Lipinski definition) is 6. The summed E-state index contributed by atoms with van der Waals surface area (Å²) in [6.07, 6.45) is 1.42. The van der Waals surface area contributed by atoms with Crippen LogP contribution >= 0.6 is 23.2 Å². The first kappa shape index (κ1) is 27.9. The van der Waals surface area contributed by atoms with Gasteiger partial charge in [-0.2, -0.15) is 0 Å². The van der Waals surface area contributed by atoms with Gasteiger partial charge in [0.25, 0.3) is 11.8 Å². The fraction of sp³-hybridized carbons (Fsp3) is 0.231. The van der Waals surface area contributed by atoms with E-state index in [1.54, 1.807) is 68.6 Å². The number of ether oxygens (including phenoxy) is 1. The SMILES string of the molecule is COCCN(C)c1cc(Cl)cc(C(=O)Nc2ccc(Cl)cn2)c1NC(=O)c1ccc(C(=N)N(C)C)cc1. The van der Waals surface area contributed by atoms with Gasteiger partial charge in [-0.05, 0) is 36.4 Å². The minimum atomic E-state index is -0.510. The van der Waals surface area contributed by atoms with E-state index in [-0.39, 0.29) is 11.3 Å². The Hall–Kier alpha value is -3.66. The number of halogens is 2. The molecular weight excluding hydrogens is 515 g/mol. The molecule has 11 heteroatoms. The number of amidine groups is 1. The number of pyridine rings is 1. The van der Waals surface area contributed by atoms with E-state index in [4.69, 9.17) is 33.3 Å². The van der Waals surface area contributed by atoms with Crippen molar-refractivity contribution in [1.29, 1.82) is 5.41 Å². The molecule has 3 aromatic rings. The van der Waals surface area contributed by atoms with Crippen LogP contribution in [0.4, 0.5) is 17.2 Å². The van der Waals surface area contributed by atoms with Crippen LogP contribution in [0.1, 0.15) is 26.3 Å². The number of hydrogen-bond donors (Lipinski definition) is 3. The van der Waals surface area contributed by atoms with Crippen molar-refractivity contribution in [1.82, 2.24) is 9.88 Å². The Morgan fingerprint density at radius 3 is 2.22 bits per heavy atom. The molecule has 1 heterocycles. The number of amides is 2. The Morgan fingerprint density at radius 2 is 1.62 bits per heavy atom. The lowest BCUT2D eigenvalue weighted by Gasteiger charge is -2.24. The maximum Gasteiger partial charge on any atom is 0.259 e. The van der Waals surface area contributed by atoms with Crippen molar-refractivity contribution in [3.05, 3.63) is 81.5 Å². The highest BCUT2D eigenvalue weighted by atomic mass is 35.5. The number of nitrogens with zero attached hydrogens (tertiary/aromatic N) is 3. The van der Waals surface area contributed by atoms with E-state index in [1.807, 2.05) is 11.9 Å². The van der Waals surface area contributed by atoms with Crippen molar-refractivity contribution in [2.45, 2.75) is 0 Å². The first-order chi connectivity index (χ1) is 17.6. The highest BCUT2D eigenvalue weighted by Gasteiger charge is 2.22. The first-order valence-electron chi connectivity index (χ1n) is 11.2. The van der Waals surface area contributed by atoms with Crippen molar-refractivity contribution in [3.8, 4) is 0 Å². The molecule has 2 aromatic carbocycles. The molecule has 0 spiro atoms. The van der Waals surface area contributed by atoms with Gasteiger partial charge < -0.3 is 25.2 Å². The van der Waals surface area contributed by atoms with E-state index >= 15 is 0 Å². The molecule has 3 rings (SSSR count). The summed E-state index contributed by atoms with van der Waals surface area (Å²) in [6.45, 7) is 0.909. The second-order valence-electron chi connectivity index (χ2n) is 8.35. The van der Waals surface area contributed by atoms with Crippen LogP contribution in [0.15, 0.2) is 54.7 Å². The van der Waals surface area contributed by atoms with Crippen LogP contribution in [0.3, 0.4) is 0 Å². The average Bonchev–Trinajstić information content (AvgIpc) is 2.88. The van der Waals surface area contributed by atoms with Gasteiger partial charge in [0.2, 0.25) is 0 Å². The number of anilines is 3. The lowest BCUT2D eigenvalue weighted by Crippen LogP contribution is -2.26. The van der Waals surface area contributed by atoms with Crippen LogP contribution in [-0.2, 0) is 4.74 Å². The second-order valence-corrected chi connectivity index (χ2v) is 9.22. The number of carbonyl (C=O) groups excluding carboxylic acids is 2. The minimum absolute atomic E-state index is 0.155. The molecule has 1 aromatic heterocycles. The van der Waals surface area contributed by atoms with Crippen molar-refractivity contribution in [2.75, 3.05) is 56.9 Å². The number of rotatable bonds is 9. The fourth-order valence-corrected chi connectivity index (χ4v) is 3.73. The van der Waals surface area contributed by atoms with E-state index in [1.165, 1.54) is 12.3 Å². The van der Waals surface area contributed by atoms with E-state index < -0.39 is 11.8 Å². The van der Waals surface area contributed by atoms with Crippen molar-refractivity contribution < 1.29 is 14.3 Å². The number of benzene rings is 2. The van der Waals surface area contributed by atoms with Gasteiger partial charge in [-0.3, -0.25) is 15.0 Å². The van der Waals surface area contributed by atoms with E-state index in [9.17, 15) is 9.59 Å². The number of likely N-dealkylation sites (N-methyl/N-ethyl adjacent to an activating group) is 1. The summed E-state index contributed by atoms with van der Waals surface area (Å²) in [7, 11) is 6.95. The molecule has 0 aliphatic rings. The van der Waals surface area contributed by atoms with Crippen LogP contribution in [0.2, 0.25) is 10.0 Å². The van der Waals surface area contributed by atoms with Gasteiger partial charge in [0.1, 0.15) is 11.7 Å². The third kappa shape index (κ3) is 7.19. The smallest absolute Gasteiger partial charge is 0.259 e. The molecule has 194 valence electrons. The molecule has 2 amide bonds. The molecule has 3 N–H and O–H groups in total. The molecule has 0 aliphatic carbocycles. The zero-order chi connectivity index (χ0) is 27.1. The zero-order valence-corrected chi connectivity index (χ0v) is 22.4.